The Morgan fingerprint density at radius 3 is 2.84 bits per heavy atom. The van der Waals surface area contributed by atoms with E-state index in [1.54, 1.807) is 12.1 Å². The largest absolute Gasteiger partial charge is 0.311 e. The van der Waals surface area contributed by atoms with Crippen molar-refractivity contribution in [2.24, 2.45) is 0 Å². The number of unbranched alkanes of at least 4 members (excludes halogenated alkanes) is 1. The van der Waals surface area contributed by atoms with Crippen LogP contribution in [-0.4, -0.2) is 14.8 Å². The van der Waals surface area contributed by atoms with Crippen LogP contribution in [0, 0.1) is 29.6 Å². The number of hydrogen-bond donors (Lipinski definition) is 0. The zero-order valence-corrected chi connectivity index (χ0v) is 10.7. The molecule has 0 unspecified atom stereocenters. The molecule has 0 aliphatic heterocycles. The average Bonchev–Trinajstić information content (AvgIpc) is 2.81. The van der Waals surface area contributed by atoms with Gasteiger partial charge in [0.05, 0.1) is 17.7 Å². The molecule has 2 rings (SSSR count). The number of nitriles is 2. The first-order valence-electron chi connectivity index (χ1n) is 6.03. The minimum atomic E-state index is 0.509. The fourth-order valence-electron chi connectivity index (χ4n) is 1.91. The van der Waals surface area contributed by atoms with Crippen LogP contribution in [0.2, 0.25) is 0 Å². The molecule has 0 spiro atoms. The van der Waals surface area contributed by atoms with Crippen LogP contribution in [0.25, 0.3) is 11.4 Å². The molecule has 0 fully saturated rings. The molecule has 2 aromatic rings. The summed E-state index contributed by atoms with van der Waals surface area (Å²) in [6.07, 6.45) is 1.27. The van der Waals surface area contributed by atoms with Gasteiger partial charge in [0, 0.05) is 18.5 Å². The van der Waals surface area contributed by atoms with E-state index in [0.717, 1.165) is 23.6 Å². The van der Waals surface area contributed by atoms with Crippen LogP contribution in [-0.2, 0) is 6.54 Å². The lowest BCUT2D eigenvalue weighted by atomic mass is 10.1. The molecule has 0 radical (unpaired) electrons. The Morgan fingerprint density at radius 1 is 1.26 bits per heavy atom. The maximum Gasteiger partial charge on any atom is 0.163 e. The molecular formula is C14H13N5. The predicted octanol–water partition coefficient (Wildman–Crippen LogP) is 2.43. The van der Waals surface area contributed by atoms with Crippen molar-refractivity contribution in [3.63, 3.8) is 0 Å². The van der Waals surface area contributed by atoms with E-state index in [1.165, 1.54) is 0 Å². The summed E-state index contributed by atoms with van der Waals surface area (Å²) < 4.78 is 1.98. The third-order valence-electron chi connectivity index (χ3n) is 2.86. The standard InChI is InChI=1S/C14H13N5/c1-11-17-18-14(19(11)8-3-2-7-15)13-6-4-5-12(9-13)10-16/h4-6,9H,2-3,8H2,1H3. The fourth-order valence-corrected chi connectivity index (χ4v) is 1.91. The summed E-state index contributed by atoms with van der Waals surface area (Å²) in [4.78, 5) is 0. The van der Waals surface area contributed by atoms with E-state index < -0.39 is 0 Å². The molecule has 5 nitrogen and oxygen atoms in total. The summed E-state index contributed by atoms with van der Waals surface area (Å²) in [6, 6.07) is 11.5. The van der Waals surface area contributed by atoms with Gasteiger partial charge in [-0.3, -0.25) is 0 Å². The minimum Gasteiger partial charge on any atom is -0.311 e. The van der Waals surface area contributed by atoms with Crippen LogP contribution in [0.4, 0.5) is 0 Å². The Kier molecular flexibility index (Phi) is 3.90. The maximum atomic E-state index is 8.93. The molecule has 0 amide bonds. The first-order valence-corrected chi connectivity index (χ1v) is 6.03. The van der Waals surface area contributed by atoms with Crippen molar-refractivity contribution in [3.05, 3.63) is 35.7 Å². The number of aromatic nitrogens is 3. The molecule has 94 valence electrons. The van der Waals surface area contributed by atoms with Crippen molar-refractivity contribution in [2.45, 2.75) is 26.3 Å². The SMILES string of the molecule is Cc1nnc(-c2cccc(C#N)c2)n1CCCC#N. The van der Waals surface area contributed by atoms with Crippen molar-refractivity contribution >= 4 is 0 Å². The molecule has 19 heavy (non-hydrogen) atoms. The summed E-state index contributed by atoms with van der Waals surface area (Å²) >= 11 is 0. The van der Waals surface area contributed by atoms with Gasteiger partial charge in [0.15, 0.2) is 5.82 Å². The third kappa shape index (κ3) is 2.78. The topological polar surface area (TPSA) is 78.3 Å². The summed E-state index contributed by atoms with van der Waals surface area (Å²) in [6.45, 7) is 2.59. The summed E-state index contributed by atoms with van der Waals surface area (Å²) in [5.74, 6) is 1.56. The van der Waals surface area contributed by atoms with Gasteiger partial charge in [0.1, 0.15) is 5.82 Å². The zero-order valence-electron chi connectivity index (χ0n) is 10.7. The molecule has 0 N–H and O–H groups in total. The summed E-state index contributed by atoms with van der Waals surface area (Å²) in [7, 11) is 0. The van der Waals surface area contributed by atoms with Gasteiger partial charge in [-0.05, 0) is 25.5 Å². The molecule has 0 saturated heterocycles. The predicted molar refractivity (Wildman–Crippen MR) is 69.8 cm³/mol. The lowest BCUT2D eigenvalue weighted by Crippen LogP contribution is -2.03. The number of nitrogens with zero attached hydrogens (tertiary/aromatic N) is 5. The molecule has 0 saturated carbocycles. The molecule has 1 aromatic heterocycles. The van der Waals surface area contributed by atoms with Gasteiger partial charge in [0.25, 0.3) is 0 Å². The van der Waals surface area contributed by atoms with Crippen LogP contribution in [0.15, 0.2) is 24.3 Å². The lowest BCUT2D eigenvalue weighted by molar-refractivity contribution is 0.640. The highest BCUT2D eigenvalue weighted by Gasteiger charge is 2.11. The first kappa shape index (κ1) is 12.8. The Morgan fingerprint density at radius 2 is 2.11 bits per heavy atom. The van der Waals surface area contributed by atoms with Crippen LogP contribution >= 0.6 is 0 Å². The van der Waals surface area contributed by atoms with E-state index in [9.17, 15) is 0 Å². The molecule has 0 aliphatic carbocycles. The number of hydrogen-bond acceptors (Lipinski definition) is 4. The van der Waals surface area contributed by atoms with Crippen molar-refractivity contribution in [1.82, 2.24) is 14.8 Å². The normalized spacial score (nSPS) is 9.84. The van der Waals surface area contributed by atoms with E-state index in [2.05, 4.69) is 22.3 Å². The number of rotatable bonds is 4. The summed E-state index contributed by atoms with van der Waals surface area (Å²) in [5.41, 5.74) is 1.47. The third-order valence-corrected chi connectivity index (χ3v) is 2.86. The van der Waals surface area contributed by atoms with E-state index in [-0.39, 0.29) is 0 Å². The first-order chi connectivity index (χ1) is 9.26. The Hall–Kier alpha value is -2.66. The molecular weight excluding hydrogens is 238 g/mol. The van der Waals surface area contributed by atoms with E-state index >= 15 is 0 Å². The van der Waals surface area contributed by atoms with Gasteiger partial charge >= 0.3 is 0 Å². The smallest absolute Gasteiger partial charge is 0.163 e. The number of benzene rings is 1. The van der Waals surface area contributed by atoms with E-state index in [4.69, 9.17) is 10.5 Å². The van der Waals surface area contributed by atoms with Crippen LogP contribution in [0.1, 0.15) is 24.2 Å². The van der Waals surface area contributed by atoms with Gasteiger partial charge in [-0.2, -0.15) is 10.5 Å². The fraction of sp³-hybridized carbons (Fsp3) is 0.286. The second-order valence-corrected chi connectivity index (χ2v) is 4.18. The highest BCUT2D eigenvalue weighted by Crippen LogP contribution is 2.19. The van der Waals surface area contributed by atoms with Gasteiger partial charge in [-0.25, -0.2) is 0 Å². The Balaban J connectivity index is 2.34. The molecule has 1 aromatic carbocycles. The molecule has 0 atom stereocenters. The molecule has 1 heterocycles. The minimum absolute atomic E-state index is 0.509. The highest BCUT2D eigenvalue weighted by atomic mass is 15.3. The Labute approximate surface area is 111 Å². The highest BCUT2D eigenvalue weighted by molar-refractivity contribution is 5.58. The van der Waals surface area contributed by atoms with Crippen LogP contribution in [0.5, 0.6) is 0 Å². The van der Waals surface area contributed by atoms with Crippen molar-refractivity contribution in [2.75, 3.05) is 0 Å². The maximum absolute atomic E-state index is 8.93. The lowest BCUT2D eigenvalue weighted by Gasteiger charge is -2.07. The molecule has 0 bridgehead atoms. The second-order valence-electron chi connectivity index (χ2n) is 4.18. The van der Waals surface area contributed by atoms with Crippen molar-refractivity contribution < 1.29 is 0 Å². The average molecular weight is 251 g/mol. The van der Waals surface area contributed by atoms with Gasteiger partial charge in [-0.1, -0.05) is 12.1 Å². The molecule has 5 heteroatoms. The van der Waals surface area contributed by atoms with E-state index in [0.29, 0.717) is 18.5 Å². The quantitative estimate of drug-likeness (QED) is 0.782. The van der Waals surface area contributed by atoms with Gasteiger partial charge in [0.2, 0.25) is 0 Å². The summed E-state index contributed by atoms with van der Waals surface area (Å²) in [5, 5.41) is 25.8. The Bertz CT molecular complexity index is 657. The van der Waals surface area contributed by atoms with Crippen LogP contribution < -0.4 is 0 Å². The molecule has 0 aliphatic rings. The van der Waals surface area contributed by atoms with Crippen LogP contribution in [0.3, 0.4) is 0 Å². The zero-order chi connectivity index (χ0) is 13.7. The van der Waals surface area contributed by atoms with Crippen molar-refractivity contribution in [1.29, 1.82) is 10.5 Å². The van der Waals surface area contributed by atoms with Gasteiger partial charge < -0.3 is 4.57 Å². The van der Waals surface area contributed by atoms with E-state index in [1.807, 2.05) is 23.6 Å². The monoisotopic (exact) mass is 251 g/mol. The second kappa shape index (κ2) is 5.79. The van der Waals surface area contributed by atoms with Crippen molar-refractivity contribution in [3.8, 4) is 23.5 Å². The van der Waals surface area contributed by atoms with Gasteiger partial charge in [-0.15, -0.1) is 10.2 Å². The number of aryl methyl sites for hydroxylation is 1.